The lowest BCUT2D eigenvalue weighted by Crippen LogP contribution is -2.00. The van der Waals surface area contributed by atoms with Crippen LogP contribution in [0.5, 0.6) is 0 Å². The summed E-state index contributed by atoms with van der Waals surface area (Å²) >= 11 is 0. The molecule has 1 heterocycles. The summed E-state index contributed by atoms with van der Waals surface area (Å²) < 4.78 is 0. The Hall–Kier alpha value is -1.74. The number of benzene rings is 1. The lowest BCUT2D eigenvalue weighted by atomic mass is 10.0. The molecular formula is C14H15NO2. The van der Waals surface area contributed by atoms with E-state index in [9.17, 15) is 4.79 Å². The summed E-state index contributed by atoms with van der Waals surface area (Å²) in [5, 5.41) is 9.68. The van der Waals surface area contributed by atoms with Crippen LogP contribution < -0.4 is 0 Å². The highest BCUT2D eigenvalue weighted by atomic mass is 16.3. The number of aromatic nitrogens is 1. The number of pyridine rings is 1. The third kappa shape index (κ3) is 2.68. The fourth-order valence-electron chi connectivity index (χ4n) is 1.78. The number of rotatable bonds is 4. The molecule has 1 aromatic carbocycles. The molecule has 3 heteroatoms. The van der Waals surface area contributed by atoms with E-state index in [4.69, 9.17) is 5.11 Å². The van der Waals surface area contributed by atoms with Gasteiger partial charge in [0.25, 0.3) is 0 Å². The van der Waals surface area contributed by atoms with Crippen molar-refractivity contribution in [3.05, 3.63) is 41.6 Å². The Morgan fingerprint density at radius 2 is 2.12 bits per heavy atom. The second-order valence-electron chi connectivity index (χ2n) is 4.11. The van der Waals surface area contributed by atoms with Crippen LogP contribution in [0.3, 0.4) is 0 Å². The molecule has 0 fully saturated rings. The van der Waals surface area contributed by atoms with Crippen molar-refractivity contribution in [2.24, 2.45) is 0 Å². The van der Waals surface area contributed by atoms with E-state index in [1.807, 2.05) is 31.2 Å². The minimum absolute atomic E-state index is 0.0556. The van der Waals surface area contributed by atoms with Crippen molar-refractivity contribution in [3.63, 3.8) is 0 Å². The standard InChI is InChI=1S/C14H15NO2/c1-10-4-5-11-9-12(6-7-13(11)15-10)14(17)3-2-8-16/h4-7,9,16H,2-3,8H2,1H3. The van der Waals surface area contributed by atoms with Crippen LogP contribution in [0.4, 0.5) is 0 Å². The molecule has 0 radical (unpaired) electrons. The highest BCUT2D eigenvalue weighted by Crippen LogP contribution is 2.16. The van der Waals surface area contributed by atoms with Gasteiger partial charge in [0.2, 0.25) is 0 Å². The molecule has 2 rings (SSSR count). The van der Waals surface area contributed by atoms with E-state index in [-0.39, 0.29) is 12.4 Å². The molecule has 0 bridgehead atoms. The summed E-state index contributed by atoms with van der Waals surface area (Å²) in [6.45, 7) is 2.00. The monoisotopic (exact) mass is 229 g/mol. The van der Waals surface area contributed by atoms with Gasteiger partial charge in [0.05, 0.1) is 5.52 Å². The number of aliphatic hydroxyl groups is 1. The van der Waals surface area contributed by atoms with Crippen molar-refractivity contribution < 1.29 is 9.90 Å². The number of aryl methyl sites for hydroxylation is 1. The maximum atomic E-state index is 11.8. The molecule has 0 aliphatic heterocycles. The number of carbonyl (C=O) groups is 1. The predicted octanol–water partition coefficient (Wildman–Crippen LogP) is 2.50. The zero-order valence-electron chi connectivity index (χ0n) is 9.81. The molecule has 0 atom stereocenters. The van der Waals surface area contributed by atoms with E-state index in [1.54, 1.807) is 6.07 Å². The van der Waals surface area contributed by atoms with Crippen LogP contribution in [0.2, 0.25) is 0 Å². The first kappa shape index (κ1) is 11.7. The van der Waals surface area contributed by atoms with E-state index in [1.165, 1.54) is 0 Å². The molecule has 17 heavy (non-hydrogen) atoms. The SMILES string of the molecule is Cc1ccc2cc(C(=O)CCCO)ccc2n1. The summed E-state index contributed by atoms with van der Waals surface area (Å²) in [5.41, 5.74) is 2.57. The van der Waals surface area contributed by atoms with Crippen LogP contribution in [-0.4, -0.2) is 22.5 Å². The van der Waals surface area contributed by atoms with Crippen LogP contribution in [0.1, 0.15) is 28.9 Å². The predicted molar refractivity (Wildman–Crippen MR) is 67.1 cm³/mol. The molecule has 1 aromatic heterocycles. The fourth-order valence-corrected chi connectivity index (χ4v) is 1.78. The number of Topliss-reactive ketones (excluding diaryl/α,β-unsaturated/α-hetero) is 1. The van der Waals surface area contributed by atoms with Gasteiger partial charge in [0, 0.05) is 29.7 Å². The number of aliphatic hydroxyl groups excluding tert-OH is 1. The van der Waals surface area contributed by atoms with Crippen molar-refractivity contribution in [1.29, 1.82) is 0 Å². The largest absolute Gasteiger partial charge is 0.396 e. The highest BCUT2D eigenvalue weighted by Gasteiger charge is 2.06. The molecule has 0 aliphatic rings. The summed E-state index contributed by atoms with van der Waals surface area (Å²) in [5.74, 6) is 0.0709. The number of hydrogen-bond donors (Lipinski definition) is 1. The van der Waals surface area contributed by atoms with E-state index in [0.29, 0.717) is 18.4 Å². The van der Waals surface area contributed by atoms with Gasteiger partial charge in [-0.3, -0.25) is 9.78 Å². The van der Waals surface area contributed by atoms with Gasteiger partial charge in [-0.25, -0.2) is 0 Å². The van der Waals surface area contributed by atoms with Crippen LogP contribution in [-0.2, 0) is 0 Å². The van der Waals surface area contributed by atoms with Crippen molar-refractivity contribution in [1.82, 2.24) is 4.98 Å². The van der Waals surface area contributed by atoms with Crippen molar-refractivity contribution >= 4 is 16.7 Å². The Balaban J connectivity index is 2.31. The quantitative estimate of drug-likeness (QED) is 0.819. The van der Waals surface area contributed by atoms with Gasteiger partial charge in [-0.2, -0.15) is 0 Å². The second kappa shape index (κ2) is 5.06. The zero-order chi connectivity index (χ0) is 12.3. The van der Waals surface area contributed by atoms with E-state index in [2.05, 4.69) is 4.98 Å². The van der Waals surface area contributed by atoms with Gasteiger partial charge in [-0.1, -0.05) is 6.07 Å². The Morgan fingerprint density at radius 3 is 2.88 bits per heavy atom. The molecule has 0 amide bonds. The summed E-state index contributed by atoms with van der Waals surface area (Å²) in [6.07, 6.45) is 0.907. The number of carbonyl (C=O) groups excluding carboxylic acids is 1. The molecule has 0 saturated heterocycles. The number of ketones is 1. The van der Waals surface area contributed by atoms with Gasteiger partial charge in [0.15, 0.2) is 5.78 Å². The smallest absolute Gasteiger partial charge is 0.162 e. The van der Waals surface area contributed by atoms with Crippen molar-refractivity contribution in [2.75, 3.05) is 6.61 Å². The lowest BCUT2D eigenvalue weighted by Gasteiger charge is -2.03. The number of hydrogen-bond acceptors (Lipinski definition) is 3. The first-order chi connectivity index (χ1) is 8.20. The van der Waals surface area contributed by atoms with E-state index in [0.717, 1.165) is 16.6 Å². The Labute approximate surface area is 100 Å². The van der Waals surface area contributed by atoms with Gasteiger partial charge in [-0.05, 0) is 37.6 Å². The number of fused-ring (bicyclic) bond motifs is 1. The molecular weight excluding hydrogens is 214 g/mol. The Bertz CT molecular complexity index is 549. The van der Waals surface area contributed by atoms with Gasteiger partial charge in [0.1, 0.15) is 0 Å². The van der Waals surface area contributed by atoms with E-state index < -0.39 is 0 Å². The second-order valence-corrected chi connectivity index (χ2v) is 4.11. The van der Waals surface area contributed by atoms with Crippen molar-refractivity contribution in [3.8, 4) is 0 Å². The Kier molecular flexibility index (Phi) is 3.49. The van der Waals surface area contributed by atoms with Crippen molar-refractivity contribution in [2.45, 2.75) is 19.8 Å². The molecule has 0 unspecified atom stereocenters. The van der Waals surface area contributed by atoms with Crippen LogP contribution in [0.25, 0.3) is 10.9 Å². The minimum atomic E-state index is 0.0556. The third-order valence-corrected chi connectivity index (χ3v) is 2.71. The summed E-state index contributed by atoms with van der Waals surface area (Å²) in [4.78, 5) is 16.2. The van der Waals surface area contributed by atoms with Crippen LogP contribution >= 0.6 is 0 Å². The van der Waals surface area contributed by atoms with Gasteiger partial charge >= 0.3 is 0 Å². The zero-order valence-corrected chi connectivity index (χ0v) is 9.81. The molecule has 3 nitrogen and oxygen atoms in total. The molecule has 0 spiro atoms. The third-order valence-electron chi connectivity index (χ3n) is 2.71. The normalized spacial score (nSPS) is 10.7. The van der Waals surface area contributed by atoms with E-state index >= 15 is 0 Å². The van der Waals surface area contributed by atoms with Gasteiger partial charge in [-0.15, -0.1) is 0 Å². The molecule has 2 aromatic rings. The van der Waals surface area contributed by atoms with Crippen LogP contribution in [0.15, 0.2) is 30.3 Å². The molecule has 1 N–H and O–H groups in total. The average molecular weight is 229 g/mol. The minimum Gasteiger partial charge on any atom is -0.396 e. The maximum absolute atomic E-state index is 11.8. The fraction of sp³-hybridized carbons (Fsp3) is 0.286. The lowest BCUT2D eigenvalue weighted by molar-refractivity contribution is 0.0971. The first-order valence-corrected chi connectivity index (χ1v) is 5.72. The molecule has 0 aliphatic carbocycles. The molecule has 0 saturated carbocycles. The first-order valence-electron chi connectivity index (χ1n) is 5.72. The summed E-state index contributed by atoms with van der Waals surface area (Å²) in [6, 6.07) is 9.44. The Morgan fingerprint density at radius 1 is 1.29 bits per heavy atom. The van der Waals surface area contributed by atoms with Crippen LogP contribution in [0, 0.1) is 6.92 Å². The number of nitrogens with zero attached hydrogens (tertiary/aromatic N) is 1. The highest BCUT2D eigenvalue weighted by molar-refractivity contribution is 5.99. The average Bonchev–Trinajstić information content (AvgIpc) is 2.35. The topological polar surface area (TPSA) is 50.2 Å². The summed E-state index contributed by atoms with van der Waals surface area (Å²) in [7, 11) is 0. The van der Waals surface area contributed by atoms with Gasteiger partial charge < -0.3 is 5.11 Å². The maximum Gasteiger partial charge on any atom is 0.162 e. The molecule has 88 valence electrons.